The number of carbonyl (C=O) groups is 1. The lowest BCUT2D eigenvalue weighted by molar-refractivity contribution is -0.0520. The van der Waals surface area contributed by atoms with Crippen molar-refractivity contribution in [3.63, 3.8) is 0 Å². The van der Waals surface area contributed by atoms with Crippen LogP contribution in [-0.4, -0.2) is 65.3 Å². The fourth-order valence-electron chi connectivity index (χ4n) is 1.95. The molecule has 1 heterocycles. The third-order valence-electron chi connectivity index (χ3n) is 2.77. The van der Waals surface area contributed by atoms with Crippen LogP contribution in [0.25, 0.3) is 0 Å². The first-order chi connectivity index (χ1) is 9.89. The Hall–Kier alpha value is -0.750. The van der Waals surface area contributed by atoms with Gasteiger partial charge in [0.05, 0.1) is 42.9 Å². The van der Waals surface area contributed by atoms with E-state index in [9.17, 15) is 22.0 Å². The molecule has 0 bridgehead atoms. The number of rotatable bonds is 6. The van der Waals surface area contributed by atoms with Crippen LogP contribution in [0.2, 0.25) is 0 Å². The summed E-state index contributed by atoms with van der Waals surface area (Å²) in [5.74, 6) is 0. The summed E-state index contributed by atoms with van der Waals surface area (Å²) >= 11 is -2.69. The topological polar surface area (TPSA) is 122 Å². The number of nitrogens with zero attached hydrogens (tertiary/aromatic N) is 1. The molecule has 1 saturated heterocycles. The van der Waals surface area contributed by atoms with Gasteiger partial charge in [-0.25, -0.2) is 9.00 Å². The van der Waals surface area contributed by atoms with E-state index in [2.05, 4.69) is 8.37 Å². The summed E-state index contributed by atoms with van der Waals surface area (Å²) in [5, 5.41) is 0. The van der Waals surface area contributed by atoms with Crippen LogP contribution in [0, 0.1) is 0 Å². The molecule has 0 aliphatic carbocycles. The number of amides is 1. The van der Waals surface area contributed by atoms with Crippen molar-refractivity contribution in [3.05, 3.63) is 0 Å². The average Bonchev–Trinajstić information content (AvgIpc) is 2.21. The van der Waals surface area contributed by atoms with Gasteiger partial charge in [-0.1, -0.05) is 0 Å². The minimum atomic E-state index is -3.63. The molecule has 0 saturated carbocycles. The molecule has 0 N–H and O–H groups in total. The van der Waals surface area contributed by atoms with Crippen molar-refractivity contribution in [2.75, 3.05) is 19.5 Å². The molecule has 11 heteroatoms. The first kappa shape index (κ1) is 19.3. The average molecular weight is 358 g/mol. The minimum Gasteiger partial charge on any atom is -0.750 e. The quantitative estimate of drug-likeness (QED) is 0.486. The monoisotopic (exact) mass is 358 g/mol. The molecule has 1 rings (SSSR count). The highest BCUT2D eigenvalue weighted by Gasteiger charge is 2.44. The Morgan fingerprint density at radius 1 is 1.32 bits per heavy atom. The van der Waals surface area contributed by atoms with Gasteiger partial charge in [-0.2, -0.15) is 8.42 Å². The molecular weight excluding hydrogens is 338 g/mol. The second-order valence-electron chi connectivity index (χ2n) is 5.91. The van der Waals surface area contributed by atoms with Crippen molar-refractivity contribution in [1.29, 1.82) is 0 Å². The highest BCUT2D eigenvalue weighted by Crippen LogP contribution is 2.29. The van der Waals surface area contributed by atoms with Crippen molar-refractivity contribution in [2.24, 2.45) is 0 Å². The largest absolute Gasteiger partial charge is 0.750 e. The Bertz CT molecular complexity index is 527. The van der Waals surface area contributed by atoms with Crippen molar-refractivity contribution in [3.8, 4) is 0 Å². The molecule has 1 unspecified atom stereocenters. The molecule has 3 atom stereocenters. The van der Waals surface area contributed by atoms with Gasteiger partial charge >= 0.3 is 6.09 Å². The van der Waals surface area contributed by atoms with Crippen LogP contribution in [0.4, 0.5) is 4.79 Å². The number of carbonyl (C=O) groups excluding carboxylic acids is 1. The van der Waals surface area contributed by atoms with Crippen molar-refractivity contribution in [2.45, 2.75) is 44.9 Å². The van der Waals surface area contributed by atoms with E-state index in [1.807, 2.05) is 0 Å². The second-order valence-corrected chi connectivity index (χ2v) is 8.20. The molecule has 1 aliphatic heterocycles. The van der Waals surface area contributed by atoms with E-state index >= 15 is 0 Å². The van der Waals surface area contributed by atoms with Crippen LogP contribution in [0.5, 0.6) is 0 Å². The number of likely N-dealkylation sites (tertiary alicyclic amines) is 1. The van der Waals surface area contributed by atoms with Gasteiger partial charge in [0.25, 0.3) is 10.1 Å². The van der Waals surface area contributed by atoms with Crippen LogP contribution in [0.1, 0.15) is 27.2 Å². The summed E-state index contributed by atoms with van der Waals surface area (Å²) in [5.41, 5.74) is -0.734. The van der Waals surface area contributed by atoms with E-state index in [-0.39, 0.29) is 13.2 Å². The maximum absolute atomic E-state index is 12.1. The van der Waals surface area contributed by atoms with Gasteiger partial charge in [0.2, 0.25) is 0 Å². The van der Waals surface area contributed by atoms with Crippen LogP contribution in [-0.2, 0) is 34.6 Å². The lowest BCUT2D eigenvalue weighted by atomic mass is 9.95. The fourth-order valence-corrected chi connectivity index (χ4v) is 2.62. The molecule has 1 aliphatic rings. The fraction of sp³-hybridized carbons (Fsp3) is 0.909. The Labute approximate surface area is 132 Å². The molecule has 0 aromatic heterocycles. The lowest BCUT2D eigenvalue weighted by Gasteiger charge is -2.47. The summed E-state index contributed by atoms with van der Waals surface area (Å²) in [4.78, 5) is 13.4. The normalized spacial score (nSPS) is 23.8. The highest BCUT2D eigenvalue weighted by atomic mass is 32.2. The Kier molecular flexibility index (Phi) is 6.33. The SMILES string of the molecule is CC(C)(C)OC(=O)N1[C@H](COS(C)(=O)=O)C[C@@H]1COS(=O)[O-]. The Balaban J connectivity index is 2.69. The summed E-state index contributed by atoms with van der Waals surface area (Å²) in [7, 11) is -3.63. The van der Waals surface area contributed by atoms with Crippen LogP contribution in [0.15, 0.2) is 0 Å². The molecule has 22 heavy (non-hydrogen) atoms. The number of hydrogen-bond acceptors (Lipinski definition) is 8. The molecule has 0 aromatic rings. The molecule has 130 valence electrons. The van der Waals surface area contributed by atoms with E-state index in [1.165, 1.54) is 4.90 Å². The predicted molar refractivity (Wildman–Crippen MR) is 75.9 cm³/mol. The standard InChI is InChI=1S/C11H21NO8S2/c1-11(2,3)20-10(13)12-8(6-18-21(14)15)5-9(12)7-19-22(4,16)17/h8-9H,5-7H2,1-4H3,(H,14,15)/p-1/t8-,9+/m1/s1. The van der Waals surface area contributed by atoms with E-state index in [4.69, 9.17) is 4.74 Å². The highest BCUT2D eigenvalue weighted by molar-refractivity contribution is 7.85. The lowest BCUT2D eigenvalue weighted by Crippen LogP contribution is -2.62. The van der Waals surface area contributed by atoms with E-state index in [1.54, 1.807) is 20.8 Å². The minimum absolute atomic E-state index is 0.213. The predicted octanol–water partition coefficient (Wildman–Crippen LogP) is 0.151. The molecule has 0 radical (unpaired) electrons. The Morgan fingerprint density at radius 3 is 2.32 bits per heavy atom. The van der Waals surface area contributed by atoms with E-state index in [0.29, 0.717) is 6.42 Å². The van der Waals surface area contributed by atoms with Gasteiger partial charge in [0.1, 0.15) is 5.60 Å². The zero-order valence-electron chi connectivity index (χ0n) is 12.8. The van der Waals surface area contributed by atoms with Crippen molar-refractivity contribution < 1.29 is 35.1 Å². The Morgan fingerprint density at radius 2 is 1.86 bits per heavy atom. The number of hydrogen-bond donors (Lipinski definition) is 0. The zero-order valence-corrected chi connectivity index (χ0v) is 14.4. The summed E-state index contributed by atoms with van der Waals surface area (Å²) in [6, 6.07) is -1.03. The van der Waals surface area contributed by atoms with Gasteiger partial charge in [-0.3, -0.25) is 13.3 Å². The van der Waals surface area contributed by atoms with Crippen molar-refractivity contribution in [1.82, 2.24) is 4.90 Å². The van der Waals surface area contributed by atoms with Crippen LogP contribution < -0.4 is 0 Å². The van der Waals surface area contributed by atoms with Crippen molar-refractivity contribution >= 4 is 27.6 Å². The summed E-state index contributed by atoms with van der Waals surface area (Å²) < 4.78 is 57.2. The molecule has 1 amide bonds. The maximum Gasteiger partial charge on any atom is 0.410 e. The third-order valence-corrected chi connectivity index (χ3v) is 3.66. The van der Waals surface area contributed by atoms with Gasteiger partial charge in [-0.15, -0.1) is 0 Å². The smallest absolute Gasteiger partial charge is 0.410 e. The first-order valence-electron chi connectivity index (χ1n) is 6.47. The van der Waals surface area contributed by atoms with Crippen LogP contribution >= 0.6 is 0 Å². The summed E-state index contributed by atoms with van der Waals surface area (Å²) in [6.07, 6.45) is 0.586. The third kappa shape index (κ3) is 6.57. The van der Waals surface area contributed by atoms with Gasteiger partial charge in [-0.05, 0) is 27.2 Å². The van der Waals surface area contributed by atoms with E-state index < -0.39 is 45.3 Å². The molecule has 0 spiro atoms. The molecular formula is C11H20NO8S2-. The van der Waals surface area contributed by atoms with Gasteiger partial charge in [0, 0.05) is 0 Å². The number of ether oxygens (including phenoxy) is 1. The first-order valence-corrected chi connectivity index (χ1v) is 9.29. The molecule has 9 nitrogen and oxygen atoms in total. The van der Waals surface area contributed by atoms with Crippen LogP contribution in [0.3, 0.4) is 0 Å². The molecule has 0 aromatic carbocycles. The maximum atomic E-state index is 12.1. The molecule has 1 fully saturated rings. The van der Waals surface area contributed by atoms with E-state index in [0.717, 1.165) is 6.26 Å². The van der Waals surface area contributed by atoms with Gasteiger partial charge in [0.15, 0.2) is 0 Å². The zero-order chi connectivity index (χ0) is 17.1. The second kappa shape index (κ2) is 7.21. The van der Waals surface area contributed by atoms with Gasteiger partial charge < -0.3 is 9.29 Å². The summed E-state index contributed by atoms with van der Waals surface area (Å²) in [6.45, 7) is 4.63.